The van der Waals surface area contributed by atoms with E-state index in [-0.39, 0.29) is 0 Å². The third-order valence-electron chi connectivity index (χ3n) is 1.67. The van der Waals surface area contributed by atoms with Gasteiger partial charge in [-0.3, -0.25) is 0 Å². The summed E-state index contributed by atoms with van der Waals surface area (Å²) in [6.45, 7) is 1.80. The van der Waals surface area contributed by atoms with E-state index in [0.29, 0.717) is 0 Å². The first-order valence-corrected chi connectivity index (χ1v) is 4.08. The highest BCUT2D eigenvalue weighted by atomic mass is 14.9. The second kappa shape index (κ2) is 4.63. The standard InChI is InChI=1S/C10H14N2/c1-3-4-6-11-8-10-5-7-12(2)9-10/h1,5,7,9,11H,4,6,8H2,2H3. The van der Waals surface area contributed by atoms with Crippen molar-refractivity contribution in [1.29, 1.82) is 0 Å². The van der Waals surface area contributed by atoms with Crippen LogP contribution in [-0.4, -0.2) is 11.1 Å². The van der Waals surface area contributed by atoms with Crippen LogP contribution in [0, 0.1) is 12.3 Å². The second-order valence-electron chi connectivity index (χ2n) is 2.82. The van der Waals surface area contributed by atoms with Crippen molar-refractivity contribution < 1.29 is 0 Å². The Bertz CT molecular complexity index is 268. The minimum atomic E-state index is 0.798. The van der Waals surface area contributed by atoms with Gasteiger partial charge in [0.25, 0.3) is 0 Å². The molecule has 64 valence electrons. The molecule has 1 heterocycles. The Morgan fingerprint density at radius 3 is 3.08 bits per heavy atom. The molecule has 0 spiro atoms. The van der Waals surface area contributed by atoms with E-state index in [9.17, 15) is 0 Å². The summed E-state index contributed by atoms with van der Waals surface area (Å²) >= 11 is 0. The van der Waals surface area contributed by atoms with Crippen LogP contribution in [-0.2, 0) is 13.6 Å². The topological polar surface area (TPSA) is 17.0 Å². The smallest absolute Gasteiger partial charge is 0.0220 e. The predicted molar refractivity (Wildman–Crippen MR) is 50.6 cm³/mol. The highest BCUT2D eigenvalue weighted by molar-refractivity contribution is 5.09. The molecule has 0 aliphatic heterocycles. The van der Waals surface area contributed by atoms with Gasteiger partial charge in [-0.25, -0.2) is 0 Å². The lowest BCUT2D eigenvalue weighted by molar-refractivity contribution is 0.700. The Morgan fingerprint density at radius 2 is 2.50 bits per heavy atom. The van der Waals surface area contributed by atoms with Crippen molar-refractivity contribution in [2.24, 2.45) is 7.05 Å². The number of nitrogens with zero attached hydrogens (tertiary/aromatic N) is 1. The van der Waals surface area contributed by atoms with Crippen LogP contribution in [0.25, 0.3) is 0 Å². The molecule has 0 amide bonds. The van der Waals surface area contributed by atoms with Crippen LogP contribution in [0.3, 0.4) is 0 Å². The van der Waals surface area contributed by atoms with Crippen molar-refractivity contribution in [2.75, 3.05) is 6.54 Å². The molecule has 0 saturated heterocycles. The van der Waals surface area contributed by atoms with Crippen LogP contribution in [0.15, 0.2) is 18.5 Å². The lowest BCUT2D eigenvalue weighted by Gasteiger charge is -1.98. The fourth-order valence-corrected chi connectivity index (χ4v) is 1.06. The van der Waals surface area contributed by atoms with E-state index < -0.39 is 0 Å². The largest absolute Gasteiger partial charge is 0.357 e. The van der Waals surface area contributed by atoms with E-state index in [4.69, 9.17) is 6.42 Å². The fourth-order valence-electron chi connectivity index (χ4n) is 1.06. The van der Waals surface area contributed by atoms with E-state index in [1.54, 1.807) is 0 Å². The van der Waals surface area contributed by atoms with Gasteiger partial charge in [0.05, 0.1) is 0 Å². The zero-order valence-corrected chi connectivity index (χ0v) is 7.38. The number of nitrogens with one attached hydrogen (secondary N) is 1. The summed E-state index contributed by atoms with van der Waals surface area (Å²) in [5.74, 6) is 2.59. The highest BCUT2D eigenvalue weighted by Gasteiger charge is 1.92. The molecule has 0 fully saturated rings. The average molecular weight is 162 g/mol. The lowest BCUT2D eigenvalue weighted by Crippen LogP contribution is -2.13. The van der Waals surface area contributed by atoms with Crippen molar-refractivity contribution in [3.05, 3.63) is 24.0 Å². The summed E-state index contributed by atoms with van der Waals surface area (Å²) in [5.41, 5.74) is 1.30. The summed E-state index contributed by atoms with van der Waals surface area (Å²) in [5, 5.41) is 3.26. The summed E-state index contributed by atoms with van der Waals surface area (Å²) in [7, 11) is 2.02. The first kappa shape index (κ1) is 8.89. The van der Waals surface area contributed by atoms with Gasteiger partial charge in [-0.2, -0.15) is 0 Å². The molecule has 0 aliphatic carbocycles. The van der Waals surface area contributed by atoms with Crippen molar-refractivity contribution in [3.8, 4) is 12.3 Å². The van der Waals surface area contributed by atoms with Crippen molar-refractivity contribution in [2.45, 2.75) is 13.0 Å². The monoisotopic (exact) mass is 162 g/mol. The normalized spacial score (nSPS) is 9.67. The molecule has 0 radical (unpaired) electrons. The maximum Gasteiger partial charge on any atom is 0.0220 e. The Hall–Kier alpha value is -1.20. The van der Waals surface area contributed by atoms with Gasteiger partial charge in [-0.15, -0.1) is 12.3 Å². The minimum absolute atomic E-state index is 0.798. The number of terminal acetylenes is 1. The minimum Gasteiger partial charge on any atom is -0.357 e. The van der Waals surface area contributed by atoms with E-state index >= 15 is 0 Å². The van der Waals surface area contributed by atoms with E-state index in [2.05, 4.69) is 23.5 Å². The number of hydrogen-bond donors (Lipinski definition) is 1. The Kier molecular flexibility index (Phi) is 3.43. The third kappa shape index (κ3) is 2.81. The quantitative estimate of drug-likeness (QED) is 0.519. The summed E-state index contributed by atoms with van der Waals surface area (Å²) < 4.78 is 2.04. The molecule has 1 aromatic rings. The highest BCUT2D eigenvalue weighted by Crippen LogP contribution is 1.97. The van der Waals surface area contributed by atoms with Gasteiger partial charge in [-0.1, -0.05) is 0 Å². The van der Waals surface area contributed by atoms with Crippen LogP contribution in [0.5, 0.6) is 0 Å². The first-order valence-electron chi connectivity index (χ1n) is 4.08. The SMILES string of the molecule is C#CCCNCc1ccn(C)c1. The van der Waals surface area contributed by atoms with Gasteiger partial charge in [0.1, 0.15) is 0 Å². The van der Waals surface area contributed by atoms with E-state index in [1.165, 1.54) is 5.56 Å². The molecular weight excluding hydrogens is 148 g/mol. The number of hydrogen-bond acceptors (Lipinski definition) is 1. The predicted octanol–water partition coefficient (Wildman–Crippen LogP) is 1.14. The molecule has 1 aromatic heterocycles. The maximum atomic E-state index is 5.12. The molecule has 0 aliphatic rings. The summed E-state index contributed by atoms with van der Waals surface area (Å²) in [6.07, 6.45) is 10.1. The average Bonchev–Trinajstić information content (AvgIpc) is 2.45. The molecule has 0 unspecified atom stereocenters. The van der Waals surface area contributed by atoms with Crippen LogP contribution in [0.2, 0.25) is 0 Å². The van der Waals surface area contributed by atoms with E-state index in [0.717, 1.165) is 19.5 Å². The molecule has 0 atom stereocenters. The number of aromatic nitrogens is 1. The van der Waals surface area contributed by atoms with Crippen LogP contribution in [0.1, 0.15) is 12.0 Å². The molecule has 1 rings (SSSR count). The Labute approximate surface area is 73.6 Å². The molecular formula is C10H14N2. The van der Waals surface area contributed by atoms with Crippen molar-refractivity contribution in [1.82, 2.24) is 9.88 Å². The molecule has 1 N–H and O–H groups in total. The summed E-state index contributed by atoms with van der Waals surface area (Å²) in [6, 6.07) is 2.10. The zero-order chi connectivity index (χ0) is 8.81. The second-order valence-corrected chi connectivity index (χ2v) is 2.82. The van der Waals surface area contributed by atoms with Gasteiger partial charge in [-0.05, 0) is 11.6 Å². The van der Waals surface area contributed by atoms with Gasteiger partial charge in [0, 0.05) is 39.0 Å². The molecule has 0 bridgehead atoms. The van der Waals surface area contributed by atoms with Crippen LogP contribution in [0.4, 0.5) is 0 Å². The van der Waals surface area contributed by atoms with Crippen molar-refractivity contribution in [3.63, 3.8) is 0 Å². The number of aryl methyl sites for hydroxylation is 1. The van der Waals surface area contributed by atoms with E-state index in [1.807, 2.05) is 17.8 Å². The third-order valence-corrected chi connectivity index (χ3v) is 1.67. The molecule has 12 heavy (non-hydrogen) atoms. The van der Waals surface area contributed by atoms with Gasteiger partial charge >= 0.3 is 0 Å². The van der Waals surface area contributed by atoms with Crippen molar-refractivity contribution >= 4 is 0 Å². The fraction of sp³-hybridized carbons (Fsp3) is 0.400. The van der Waals surface area contributed by atoms with Gasteiger partial charge in [0.2, 0.25) is 0 Å². The summed E-state index contributed by atoms with van der Waals surface area (Å²) in [4.78, 5) is 0. The first-order chi connectivity index (χ1) is 5.83. The van der Waals surface area contributed by atoms with Crippen LogP contribution < -0.4 is 5.32 Å². The molecule has 2 heteroatoms. The zero-order valence-electron chi connectivity index (χ0n) is 7.38. The molecule has 2 nitrogen and oxygen atoms in total. The Morgan fingerprint density at radius 1 is 1.67 bits per heavy atom. The van der Waals surface area contributed by atoms with Gasteiger partial charge in [0.15, 0.2) is 0 Å². The number of rotatable bonds is 4. The van der Waals surface area contributed by atoms with Crippen LogP contribution >= 0.6 is 0 Å². The lowest BCUT2D eigenvalue weighted by atomic mass is 10.3. The molecule has 0 saturated carbocycles. The van der Waals surface area contributed by atoms with Gasteiger partial charge < -0.3 is 9.88 Å². The molecule has 0 aromatic carbocycles. The Balaban J connectivity index is 2.21. The maximum absolute atomic E-state index is 5.12.